The molecule has 0 aromatic heterocycles. The average Bonchev–Trinajstić information content (AvgIpc) is 2.36. The summed E-state index contributed by atoms with van der Waals surface area (Å²) in [5, 5.41) is 0. The zero-order chi connectivity index (χ0) is 12.5. The number of hydrogen-bond donors (Lipinski definition) is 0. The van der Waals surface area contributed by atoms with Gasteiger partial charge in [0.2, 0.25) is 0 Å². The molecule has 2 bridgehead atoms. The van der Waals surface area contributed by atoms with Crippen LogP contribution >= 0.6 is 0 Å². The highest BCUT2D eigenvalue weighted by molar-refractivity contribution is 5.97. The maximum Gasteiger partial charge on any atom is 0.175 e. The first-order chi connectivity index (χ1) is 8.15. The van der Waals surface area contributed by atoms with E-state index in [4.69, 9.17) is 4.74 Å². The van der Waals surface area contributed by atoms with Gasteiger partial charge in [0.05, 0.1) is 0 Å². The van der Waals surface area contributed by atoms with Crippen molar-refractivity contribution in [3.63, 3.8) is 0 Å². The van der Waals surface area contributed by atoms with Crippen molar-refractivity contribution in [2.75, 3.05) is 7.11 Å². The monoisotopic (exact) mass is 232 g/mol. The largest absolute Gasteiger partial charge is 0.366 e. The van der Waals surface area contributed by atoms with Crippen molar-refractivity contribution in [1.82, 2.24) is 0 Å². The fourth-order valence-electron chi connectivity index (χ4n) is 3.41. The number of methoxy groups -OCH3 is 1. The maximum atomic E-state index is 12.8. The highest BCUT2D eigenvalue weighted by Gasteiger charge is 2.58. The second-order valence-corrected chi connectivity index (χ2v) is 5.07. The van der Waals surface area contributed by atoms with Gasteiger partial charge in [0.25, 0.3) is 0 Å². The van der Waals surface area contributed by atoms with Gasteiger partial charge in [-0.15, -0.1) is 13.2 Å². The van der Waals surface area contributed by atoms with E-state index < -0.39 is 5.60 Å². The van der Waals surface area contributed by atoms with Crippen LogP contribution < -0.4 is 0 Å². The van der Waals surface area contributed by atoms with Gasteiger partial charge in [-0.3, -0.25) is 4.79 Å². The Morgan fingerprint density at radius 2 is 2.12 bits per heavy atom. The number of hydrogen-bond acceptors (Lipinski definition) is 2. The normalized spacial score (nSPS) is 33.7. The minimum atomic E-state index is -0.694. The van der Waals surface area contributed by atoms with E-state index in [0.717, 1.165) is 12.8 Å². The zero-order valence-electron chi connectivity index (χ0n) is 10.4. The molecule has 3 aliphatic rings. The molecule has 2 nitrogen and oxygen atoms in total. The molecule has 0 N–H and O–H groups in total. The number of carbonyl (C=O) groups is 1. The number of fused-ring (bicyclic) bond motifs is 2. The minimum absolute atomic E-state index is 0.214. The fourth-order valence-corrected chi connectivity index (χ4v) is 3.41. The fraction of sp³-hybridized carbons (Fsp3) is 0.533. The summed E-state index contributed by atoms with van der Waals surface area (Å²) in [6.45, 7) is 7.59. The van der Waals surface area contributed by atoms with Crippen LogP contribution in [0.3, 0.4) is 0 Å². The molecule has 0 radical (unpaired) electrons. The lowest BCUT2D eigenvalue weighted by molar-refractivity contribution is -0.158. The molecule has 3 rings (SSSR count). The zero-order valence-corrected chi connectivity index (χ0v) is 10.4. The summed E-state index contributed by atoms with van der Waals surface area (Å²) in [6.07, 6.45) is 11.0. The third-order valence-corrected chi connectivity index (χ3v) is 4.35. The lowest BCUT2D eigenvalue weighted by Gasteiger charge is -2.51. The molecule has 1 saturated carbocycles. The second kappa shape index (κ2) is 4.26. The van der Waals surface area contributed by atoms with Gasteiger partial charge >= 0.3 is 0 Å². The van der Waals surface area contributed by atoms with Crippen molar-refractivity contribution < 1.29 is 9.53 Å². The van der Waals surface area contributed by atoms with Gasteiger partial charge in [-0.2, -0.15) is 0 Å². The molecule has 0 spiro atoms. The van der Waals surface area contributed by atoms with Crippen LogP contribution in [0.5, 0.6) is 0 Å². The summed E-state index contributed by atoms with van der Waals surface area (Å²) in [4.78, 5) is 12.8. The molecule has 0 unspecified atom stereocenters. The first kappa shape index (κ1) is 12.3. The predicted octanol–water partition coefficient (Wildman–Crippen LogP) is 3.06. The highest BCUT2D eigenvalue weighted by atomic mass is 16.5. The van der Waals surface area contributed by atoms with Crippen LogP contribution in [-0.2, 0) is 9.53 Å². The quantitative estimate of drug-likeness (QED) is 0.681. The van der Waals surface area contributed by atoms with E-state index in [1.54, 1.807) is 7.11 Å². The summed E-state index contributed by atoms with van der Waals surface area (Å²) >= 11 is 0. The number of Topliss-reactive ketones (excluding diaryl/α,β-unsaturated/α-hetero) is 1. The van der Waals surface area contributed by atoms with Crippen molar-refractivity contribution in [2.24, 2.45) is 11.3 Å². The van der Waals surface area contributed by atoms with Crippen LogP contribution in [0.15, 0.2) is 37.5 Å². The lowest BCUT2D eigenvalue weighted by atomic mass is 9.54. The van der Waals surface area contributed by atoms with E-state index in [2.05, 4.69) is 19.2 Å². The van der Waals surface area contributed by atoms with E-state index >= 15 is 0 Å². The molecule has 0 aromatic carbocycles. The minimum Gasteiger partial charge on any atom is -0.366 e. The van der Waals surface area contributed by atoms with Crippen LogP contribution in [-0.4, -0.2) is 18.5 Å². The van der Waals surface area contributed by atoms with Crippen LogP contribution in [0.1, 0.15) is 25.7 Å². The van der Waals surface area contributed by atoms with Crippen LogP contribution in [0.4, 0.5) is 0 Å². The Kier molecular flexibility index (Phi) is 3.09. The van der Waals surface area contributed by atoms with Crippen LogP contribution in [0.2, 0.25) is 0 Å². The topological polar surface area (TPSA) is 26.3 Å². The van der Waals surface area contributed by atoms with Gasteiger partial charge in [0, 0.05) is 12.5 Å². The third kappa shape index (κ3) is 1.54. The number of ether oxygens (including phenoxy) is 1. The summed E-state index contributed by atoms with van der Waals surface area (Å²) < 4.78 is 5.52. The molecule has 0 amide bonds. The van der Waals surface area contributed by atoms with Crippen molar-refractivity contribution in [3.05, 3.63) is 37.5 Å². The first-order valence-electron chi connectivity index (χ1n) is 6.16. The SMILES string of the molecule is C=CCC1(CC=C)C(=O)[C@@]2(OC)C=C[C@@H]1CC2. The number of ketones is 1. The molecule has 0 saturated heterocycles. The van der Waals surface area contributed by atoms with Gasteiger partial charge in [0.15, 0.2) is 5.78 Å². The second-order valence-electron chi connectivity index (χ2n) is 5.07. The Morgan fingerprint density at radius 3 is 2.53 bits per heavy atom. The van der Waals surface area contributed by atoms with E-state index in [0.29, 0.717) is 18.8 Å². The van der Waals surface area contributed by atoms with Gasteiger partial charge in [-0.1, -0.05) is 18.2 Å². The molecule has 1 fully saturated rings. The molecule has 2 atom stereocenters. The third-order valence-electron chi connectivity index (χ3n) is 4.35. The van der Waals surface area contributed by atoms with Crippen molar-refractivity contribution in [2.45, 2.75) is 31.3 Å². The molecule has 2 heteroatoms. The van der Waals surface area contributed by atoms with Crippen LogP contribution in [0.25, 0.3) is 0 Å². The maximum absolute atomic E-state index is 12.8. The standard InChI is InChI=1S/C15H20O2/c1-4-8-14(9-5-2)12-6-10-15(17-3,11-7-12)13(14)16/h4-6,10,12H,1-2,7-9,11H2,3H3/t12-,15-/m1/s1. The van der Waals surface area contributed by atoms with Gasteiger partial charge in [-0.25, -0.2) is 0 Å². The molecular weight excluding hydrogens is 212 g/mol. The molecular formula is C15H20O2. The molecule has 92 valence electrons. The Hall–Kier alpha value is -1.15. The summed E-state index contributed by atoms with van der Waals surface area (Å²) in [6, 6.07) is 0. The average molecular weight is 232 g/mol. The van der Waals surface area contributed by atoms with E-state index in [9.17, 15) is 4.79 Å². The number of carbonyl (C=O) groups excluding carboxylic acids is 1. The molecule has 17 heavy (non-hydrogen) atoms. The Morgan fingerprint density at radius 1 is 1.47 bits per heavy atom. The predicted molar refractivity (Wildman–Crippen MR) is 68.7 cm³/mol. The summed E-state index contributed by atoms with van der Waals surface area (Å²) in [7, 11) is 1.63. The molecule has 3 aliphatic carbocycles. The first-order valence-corrected chi connectivity index (χ1v) is 6.16. The van der Waals surface area contributed by atoms with E-state index in [-0.39, 0.29) is 11.2 Å². The number of rotatable bonds is 5. The van der Waals surface area contributed by atoms with E-state index in [1.807, 2.05) is 18.2 Å². The highest BCUT2D eigenvalue weighted by Crippen LogP contribution is 2.53. The van der Waals surface area contributed by atoms with Gasteiger partial charge < -0.3 is 4.74 Å². The Bertz CT molecular complexity index is 370. The summed E-state index contributed by atoms with van der Waals surface area (Å²) in [5.74, 6) is 0.522. The van der Waals surface area contributed by atoms with Crippen LogP contribution in [0, 0.1) is 11.3 Å². The van der Waals surface area contributed by atoms with E-state index in [1.165, 1.54) is 0 Å². The molecule has 0 aliphatic heterocycles. The van der Waals surface area contributed by atoms with Crippen molar-refractivity contribution in [1.29, 1.82) is 0 Å². The molecule has 0 heterocycles. The van der Waals surface area contributed by atoms with Gasteiger partial charge in [0.1, 0.15) is 5.60 Å². The Labute approximate surface area is 103 Å². The smallest absolute Gasteiger partial charge is 0.175 e. The van der Waals surface area contributed by atoms with Crippen molar-refractivity contribution in [3.8, 4) is 0 Å². The van der Waals surface area contributed by atoms with Crippen molar-refractivity contribution >= 4 is 5.78 Å². The Balaban J connectivity index is 2.47. The molecule has 0 aromatic rings. The lowest BCUT2D eigenvalue weighted by Crippen LogP contribution is -2.58. The van der Waals surface area contributed by atoms with Gasteiger partial charge in [-0.05, 0) is 37.7 Å². The number of allylic oxidation sites excluding steroid dienone is 3. The summed E-state index contributed by atoms with van der Waals surface area (Å²) in [5.41, 5.74) is -1.06.